The van der Waals surface area contributed by atoms with Crippen LogP contribution in [0.4, 0.5) is 0 Å². The summed E-state index contributed by atoms with van der Waals surface area (Å²) in [7, 11) is 0. The van der Waals surface area contributed by atoms with Crippen molar-refractivity contribution in [3.63, 3.8) is 0 Å². The lowest BCUT2D eigenvalue weighted by molar-refractivity contribution is 0.0920. The van der Waals surface area contributed by atoms with E-state index in [1.54, 1.807) is 0 Å². The topological polar surface area (TPSA) is 19.0 Å². The summed E-state index contributed by atoms with van der Waals surface area (Å²) in [6.45, 7) is 7.37. The van der Waals surface area contributed by atoms with Crippen molar-refractivity contribution >= 4 is 0 Å². The Balaban J connectivity index is 1.47. The fourth-order valence-electron chi connectivity index (χ4n) is 3.17. The molecule has 3 heterocycles. The molecule has 0 saturated carbocycles. The van der Waals surface area contributed by atoms with E-state index in [0.29, 0.717) is 12.3 Å². The van der Waals surface area contributed by atoms with Crippen LogP contribution in [0.15, 0.2) is 0 Å². The molecule has 3 rings (SSSR count). The van der Waals surface area contributed by atoms with Crippen LogP contribution >= 0.6 is 0 Å². The van der Waals surface area contributed by atoms with E-state index in [1.807, 2.05) is 0 Å². The molecule has 3 saturated heterocycles. The van der Waals surface area contributed by atoms with E-state index in [-0.39, 0.29) is 0 Å². The molecule has 3 nitrogen and oxygen atoms in total. The van der Waals surface area contributed by atoms with Gasteiger partial charge in [0.2, 0.25) is 0 Å². The quantitative estimate of drug-likeness (QED) is 0.640. The second-order valence-corrected chi connectivity index (χ2v) is 5.24. The Morgan fingerprint density at radius 3 is 2.07 bits per heavy atom. The first-order valence-corrected chi connectivity index (χ1v) is 6.48. The van der Waals surface area contributed by atoms with Gasteiger partial charge in [-0.3, -0.25) is 4.90 Å². The standard InChI is InChI=1S/C12H22N2O/c1-10-12(15-10)14-8-4-11(5-9-14)13-6-2-3-7-13/h10-12H,2-9H2,1H3. The van der Waals surface area contributed by atoms with Gasteiger partial charge in [0.25, 0.3) is 0 Å². The first-order chi connectivity index (χ1) is 7.34. The van der Waals surface area contributed by atoms with Gasteiger partial charge in [0.1, 0.15) is 6.23 Å². The highest BCUT2D eigenvalue weighted by atomic mass is 16.6. The summed E-state index contributed by atoms with van der Waals surface area (Å²) in [6.07, 6.45) is 6.50. The largest absolute Gasteiger partial charge is 0.353 e. The number of epoxide rings is 1. The van der Waals surface area contributed by atoms with E-state index in [0.717, 1.165) is 6.04 Å². The molecule has 15 heavy (non-hydrogen) atoms. The van der Waals surface area contributed by atoms with E-state index in [9.17, 15) is 0 Å². The van der Waals surface area contributed by atoms with E-state index in [2.05, 4.69) is 16.7 Å². The molecule has 0 bridgehead atoms. The van der Waals surface area contributed by atoms with Crippen molar-refractivity contribution in [2.24, 2.45) is 0 Å². The summed E-state index contributed by atoms with van der Waals surface area (Å²) in [5.41, 5.74) is 0. The van der Waals surface area contributed by atoms with Crippen LogP contribution in [0.3, 0.4) is 0 Å². The zero-order chi connectivity index (χ0) is 10.3. The Morgan fingerprint density at radius 1 is 0.933 bits per heavy atom. The second kappa shape index (κ2) is 4.04. The molecular weight excluding hydrogens is 188 g/mol. The number of rotatable bonds is 2. The number of likely N-dealkylation sites (tertiary alicyclic amines) is 2. The highest BCUT2D eigenvalue weighted by Gasteiger charge is 2.41. The Kier molecular flexibility index (Phi) is 2.71. The molecule has 2 unspecified atom stereocenters. The number of hydrogen-bond donors (Lipinski definition) is 0. The summed E-state index contributed by atoms with van der Waals surface area (Å²) in [5.74, 6) is 0. The van der Waals surface area contributed by atoms with Crippen LogP contribution in [0.5, 0.6) is 0 Å². The van der Waals surface area contributed by atoms with Crippen molar-refractivity contribution < 1.29 is 4.74 Å². The predicted octanol–water partition coefficient (Wildman–Crippen LogP) is 1.29. The molecule has 0 radical (unpaired) electrons. The van der Waals surface area contributed by atoms with Crippen molar-refractivity contribution in [2.75, 3.05) is 26.2 Å². The van der Waals surface area contributed by atoms with Gasteiger partial charge in [-0.05, 0) is 45.7 Å². The lowest BCUT2D eigenvalue weighted by Gasteiger charge is -2.36. The van der Waals surface area contributed by atoms with Gasteiger partial charge >= 0.3 is 0 Å². The van der Waals surface area contributed by atoms with Crippen LogP contribution in [-0.4, -0.2) is 54.4 Å². The SMILES string of the molecule is CC1OC1N1CCC(N2CCCC2)CC1. The minimum Gasteiger partial charge on any atom is -0.353 e. The minimum atomic E-state index is 0.463. The summed E-state index contributed by atoms with van der Waals surface area (Å²) in [5, 5.41) is 0. The molecule has 2 atom stereocenters. The third-order valence-corrected chi connectivity index (χ3v) is 4.20. The van der Waals surface area contributed by atoms with Crippen LogP contribution < -0.4 is 0 Å². The normalized spacial score (nSPS) is 39.8. The van der Waals surface area contributed by atoms with E-state index in [4.69, 9.17) is 4.74 Å². The van der Waals surface area contributed by atoms with Gasteiger partial charge in [-0.1, -0.05) is 0 Å². The summed E-state index contributed by atoms with van der Waals surface area (Å²) in [4.78, 5) is 5.23. The van der Waals surface area contributed by atoms with Crippen molar-refractivity contribution in [3.05, 3.63) is 0 Å². The number of piperidine rings is 1. The Labute approximate surface area is 92.4 Å². The summed E-state index contributed by atoms with van der Waals surface area (Å²) < 4.78 is 5.53. The third-order valence-electron chi connectivity index (χ3n) is 4.20. The van der Waals surface area contributed by atoms with Gasteiger partial charge in [-0.2, -0.15) is 0 Å². The molecule has 0 N–H and O–H groups in total. The summed E-state index contributed by atoms with van der Waals surface area (Å²) >= 11 is 0. The maximum Gasteiger partial charge on any atom is 0.137 e. The molecule has 0 spiro atoms. The van der Waals surface area contributed by atoms with Crippen LogP contribution in [0, 0.1) is 0 Å². The number of hydrogen-bond acceptors (Lipinski definition) is 3. The summed E-state index contributed by atoms with van der Waals surface area (Å²) in [6, 6.07) is 0.873. The first-order valence-electron chi connectivity index (χ1n) is 6.48. The average molecular weight is 210 g/mol. The van der Waals surface area contributed by atoms with Crippen LogP contribution in [0.2, 0.25) is 0 Å². The van der Waals surface area contributed by atoms with E-state index >= 15 is 0 Å². The molecule has 3 aliphatic rings. The zero-order valence-electron chi connectivity index (χ0n) is 9.69. The highest BCUT2D eigenvalue weighted by molar-refractivity contribution is 4.88. The van der Waals surface area contributed by atoms with Gasteiger partial charge < -0.3 is 9.64 Å². The molecular formula is C12H22N2O. The minimum absolute atomic E-state index is 0.463. The van der Waals surface area contributed by atoms with Gasteiger partial charge in [-0.15, -0.1) is 0 Å². The fraction of sp³-hybridized carbons (Fsp3) is 1.00. The molecule has 3 heteroatoms. The molecule has 3 fully saturated rings. The maximum absolute atomic E-state index is 5.53. The van der Waals surface area contributed by atoms with E-state index < -0.39 is 0 Å². The molecule has 3 aliphatic heterocycles. The highest BCUT2D eigenvalue weighted by Crippen LogP contribution is 2.29. The smallest absolute Gasteiger partial charge is 0.137 e. The predicted molar refractivity (Wildman–Crippen MR) is 59.7 cm³/mol. The van der Waals surface area contributed by atoms with Crippen LogP contribution in [0.25, 0.3) is 0 Å². The third kappa shape index (κ3) is 2.05. The molecule has 0 aromatic heterocycles. The first kappa shape index (κ1) is 10.1. The van der Waals surface area contributed by atoms with Gasteiger partial charge in [-0.25, -0.2) is 0 Å². The molecule has 0 aliphatic carbocycles. The average Bonchev–Trinajstić information content (AvgIpc) is 2.82. The molecule has 0 amide bonds. The van der Waals surface area contributed by atoms with Crippen molar-refractivity contribution in [3.8, 4) is 0 Å². The van der Waals surface area contributed by atoms with Crippen LogP contribution in [-0.2, 0) is 4.74 Å². The van der Waals surface area contributed by atoms with Gasteiger partial charge in [0.05, 0.1) is 6.10 Å². The fourth-order valence-corrected chi connectivity index (χ4v) is 3.17. The van der Waals surface area contributed by atoms with Crippen molar-refractivity contribution in [2.45, 2.75) is 51.0 Å². The Morgan fingerprint density at radius 2 is 1.53 bits per heavy atom. The van der Waals surface area contributed by atoms with Crippen LogP contribution in [0.1, 0.15) is 32.6 Å². The number of ether oxygens (including phenoxy) is 1. The Hall–Kier alpha value is -0.120. The number of nitrogens with zero attached hydrogens (tertiary/aromatic N) is 2. The molecule has 0 aromatic carbocycles. The Bertz CT molecular complexity index is 220. The van der Waals surface area contributed by atoms with Gasteiger partial charge in [0, 0.05) is 19.1 Å². The second-order valence-electron chi connectivity index (χ2n) is 5.24. The lowest BCUT2D eigenvalue weighted by Crippen LogP contribution is -2.45. The monoisotopic (exact) mass is 210 g/mol. The maximum atomic E-state index is 5.53. The van der Waals surface area contributed by atoms with Crippen molar-refractivity contribution in [1.29, 1.82) is 0 Å². The van der Waals surface area contributed by atoms with Gasteiger partial charge in [0.15, 0.2) is 0 Å². The zero-order valence-corrected chi connectivity index (χ0v) is 9.69. The lowest BCUT2D eigenvalue weighted by atomic mass is 10.0. The van der Waals surface area contributed by atoms with Crippen molar-refractivity contribution in [1.82, 2.24) is 9.80 Å². The molecule has 86 valence electrons. The molecule has 0 aromatic rings. The van der Waals surface area contributed by atoms with E-state index in [1.165, 1.54) is 51.9 Å².